The van der Waals surface area contributed by atoms with Gasteiger partial charge in [-0.1, -0.05) is 60.7 Å². The first-order chi connectivity index (χ1) is 11.7. The Bertz CT molecular complexity index is 645. The fraction of sp³-hybridized carbons (Fsp3) is 0.409. The van der Waals surface area contributed by atoms with E-state index in [4.69, 9.17) is 0 Å². The summed E-state index contributed by atoms with van der Waals surface area (Å²) < 4.78 is 1.10. The number of hydrogen-bond donors (Lipinski definition) is 0. The minimum Gasteiger partial charge on any atom is -1.00 e. The van der Waals surface area contributed by atoms with Gasteiger partial charge in [0.2, 0.25) is 0 Å². The smallest absolute Gasteiger partial charge is 0.112 e. The van der Waals surface area contributed by atoms with Crippen molar-refractivity contribution < 1.29 is 21.5 Å². The fourth-order valence-electron chi connectivity index (χ4n) is 4.02. The van der Waals surface area contributed by atoms with Crippen LogP contribution in [0, 0.1) is 11.3 Å². The Balaban J connectivity index is 0.00000225. The first-order valence-electron chi connectivity index (χ1n) is 9.04. The van der Waals surface area contributed by atoms with Crippen LogP contribution in [0.15, 0.2) is 60.7 Å². The zero-order valence-corrected chi connectivity index (χ0v) is 16.6. The fourth-order valence-corrected chi connectivity index (χ4v) is 4.02. The molecule has 2 nitrogen and oxygen atoms in total. The highest BCUT2D eigenvalue weighted by molar-refractivity contribution is 5.45. The van der Waals surface area contributed by atoms with E-state index in [1.807, 2.05) is 36.4 Å². The molecule has 0 N–H and O–H groups in total. The molecule has 0 aliphatic carbocycles. The minimum atomic E-state index is -0.554. The second kappa shape index (κ2) is 8.65. The lowest BCUT2D eigenvalue weighted by atomic mass is 9.73. The highest BCUT2D eigenvalue weighted by atomic mass is 79.9. The Morgan fingerprint density at radius 3 is 1.80 bits per heavy atom. The summed E-state index contributed by atoms with van der Waals surface area (Å²) in [7, 11) is 2.36. The van der Waals surface area contributed by atoms with E-state index in [0.717, 1.165) is 28.6 Å². The first-order valence-corrected chi connectivity index (χ1v) is 9.04. The number of halogens is 1. The lowest BCUT2D eigenvalue weighted by Gasteiger charge is -2.40. The number of rotatable bonds is 5. The van der Waals surface area contributed by atoms with E-state index >= 15 is 0 Å². The molecule has 0 radical (unpaired) electrons. The van der Waals surface area contributed by atoms with Gasteiger partial charge in [-0.15, -0.1) is 0 Å². The van der Waals surface area contributed by atoms with Gasteiger partial charge >= 0.3 is 0 Å². The van der Waals surface area contributed by atoms with Gasteiger partial charge < -0.3 is 21.5 Å². The Morgan fingerprint density at radius 2 is 1.36 bits per heavy atom. The molecule has 2 aromatic carbocycles. The van der Waals surface area contributed by atoms with Crippen molar-refractivity contribution in [2.24, 2.45) is 0 Å². The van der Waals surface area contributed by atoms with Crippen molar-refractivity contribution in [2.75, 3.05) is 26.7 Å². The van der Waals surface area contributed by atoms with Crippen LogP contribution >= 0.6 is 0 Å². The Hall–Kier alpha value is -1.63. The number of nitriles is 1. The van der Waals surface area contributed by atoms with Crippen molar-refractivity contribution in [3.05, 3.63) is 71.8 Å². The van der Waals surface area contributed by atoms with Gasteiger partial charge in [-0.3, -0.25) is 0 Å². The van der Waals surface area contributed by atoms with Crippen molar-refractivity contribution in [1.29, 1.82) is 5.26 Å². The van der Waals surface area contributed by atoms with E-state index in [-0.39, 0.29) is 17.0 Å². The average molecular weight is 399 g/mol. The summed E-state index contributed by atoms with van der Waals surface area (Å²) in [6.07, 6.45) is 4.85. The molecule has 0 bridgehead atoms. The van der Waals surface area contributed by atoms with Crippen molar-refractivity contribution in [2.45, 2.75) is 31.1 Å². The summed E-state index contributed by atoms with van der Waals surface area (Å²) in [5, 5.41) is 10.2. The average Bonchev–Trinajstić information content (AvgIpc) is 2.65. The van der Waals surface area contributed by atoms with Crippen LogP contribution in [0.5, 0.6) is 0 Å². The summed E-state index contributed by atoms with van der Waals surface area (Å²) in [5.41, 5.74) is 1.67. The van der Waals surface area contributed by atoms with Crippen LogP contribution in [0.4, 0.5) is 0 Å². The summed E-state index contributed by atoms with van der Waals surface area (Å²) >= 11 is 0. The van der Waals surface area contributed by atoms with Crippen molar-refractivity contribution in [3.63, 3.8) is 0 Å². The maximum Gasteiger partial charge on any atom is 0.112 e. The van der Waals surface area contributed by atoms with E-state index in [2.05, 4.69) is 37.4 Å². The SMILES string of the molecule is C[N+]1(CCC(C#N)(c2ccccc2)c2ccccc2)CCCCC1.[Br-]. The van der Waals surface area contributed by atoms with Gasteiger partial charge in [0.25, 0.3) is 0 Å². The third-order valence-corrected chi connectivity index (χ3v) is 5.65. The van der Waals surface area contributed by atoms with Gasteiger partial charge in [-0.05, 0) is 30.4 Å². The van der Waals surface area contributed by atoms with Crippen LogP contribution in [-0.2, 0) is 5.41 Å². The van der Waals surface area contributed by atoms with Gasteiger partial charge in [-0.25, -0.2) is 0 Å². The largest absolute Gasteiger partial charge is 1.00 e. The standard InChI is InChI=1S/C22H27N2.BrH/c1-24(16-9-4-10-17-24)18-15-22(19-23,20-11-5-2-6-12-20)21-13-7-3-8-14-21;/h2-3,5-8,11-14H,4,9-10,15-18H2,1H3;1H/q+1;/p-1. The molecule has 25 heavy (non-hydrogen) atoms. The van der Waals surface area contributed by atoms with Crippen molar-refractivity contribution >= 4 is 0 Å². The van der Waals surface area contributed by atoms with Gasteiger partial charge in [0, 0.05) is 6.42 Å². The van der Waals surface area contributed by atoms with E-state index in [9.17, 15) is 5.26 Å². The predicted octanol–water partition coefficient (Wildman–Crippen LogP) is 1.52. The molecule has 0 atom stereocenters. The van der Waals surface area contributed by atoms with Crippen LogP contribution in [0.25, 0.3) is 0 Å². The van der Waals surface area contributed by atoms with Crippen LogP contribution in [0.2, 0.25) is 0 Å². The number of hydrogen-bond acceptors (Lipinski definition) is 1. The van der Waals surface area contributed by atoms with E-state index in [0.29, 0.717) is 0 Å². The molecule has 1 aliphatic rings. The quantitative estimate of drug-likeness (QED) is 0.700. The number of likely N-dealkylation sites (tertiary alicyclic amines) is 1. The second-order valence-corrected chi connectivity index (χ2v) is 7.35. The topological polar surface area (TPSA) is 23.8 Å². The first kappa shape index (κ1) is 19.7. The maximum absolute atomic E-state index is 10.2. The summed E-state index contributed by atoms with van der Waals surface area (Å²) in [6, 6.07) is 23.3. The van der Waals surface area contributed by atoms with E-state index < -0.39 is 5.41 Å². The molecule has 2 aromatic rings. The lowest BCUT2D eigenvalue weighted by molar-refractivity contribution is -0.914. The molecule has 1 saturated heterocycles. The summed E-state index contributed by atoms with van der Waals surface area (Å²) in [5.74, 6) is 0. The van der Waals surface area contributed by atoms with E-state index in [1.165, 1.54) is 32.4 Å². The number of piperidine rings is 1. The number of quaternary nitrogens is 1. The molecule has 1 heterocycles. The minimum absolute atomic E-state index is 0. The third-order valence-electron chi connectivity index (χ3n) is 5.65. The molecule has 1 aliphatic heterocycles. The monoisotopic (exact) mass is 398 g/mol. The molecule has 3 rings (SSSR count). The predicted molar refractivity (Wildman–Crippen MR) is 98.5 cm³/mol. The second-order valence-electron chi connectivity index (χ2n) is 7.35. The molecule has 0 unspecified atom stereocenters. The molecule has 0 amide bonds. The van der Waals surface area contributed by atoms with Crippen molar-refractivity contribution in [3.8, 4) is 6.07 Å². The van der Waals surface area contributed by atoms with E-state index in [1.54, 1.807) is 0 Å². The highest BCUT2D eigenvalue weighted by Gasteiger charge is 2.37. The zero-order valence-electron chi connectivity index (χ0n) is 15.0. The van der Waals surface area contributed by atoms with Crippen LogP contribution in [-0.4, -0.2) is 31.2 Å². The molecular formula is C22H27BrN2. The molecule has 3 heteroatoms. The van der Waals surface area contributed by atoms with Crippen LogP contribution in [0.3, 0.4) is 0 Å². The summed E-state index contributed by atoms with van der Waals surface area (Å²) in [6.45, 7) is 3.54. The van der Waals surface area contributed by atoms with Crippen LogP contribution in [0.1, 0.15) is 36.8 Å². The molecular weight excluding hydrogens is 372 g/mol. The number of benzene rings is 2. The van der Waals surface area contributed by atoms with Gasteiger partial charge in [0.05, 0.1) is 32.8 Å². The van der Waals surface area contributed by atoms with Gasteiger partial charge in [0.1, 0.15) is 5.41 Å². The summed E-state index contributed by atoms with van der Waals surface area (Å²) in [4.78, 5) is 0. The van der Waals surface area contributed by atoms with Gasteiger partial charge in [0.15, 0.2) is 0 Å². The normalized spacial score (nSPS) is 16.5. The Kier molecular flexibility index (Phi) is 6.81. The van der Waals surface area contributed by atoms with Crippen molar-refractivity contribution in [1.82, 2.24) is 0 Å². The third kappa shape index (κ3) is 4.32. The molecule has 0 saturated carbocycles. The molecule has 0 aromatic heterocycles. The maximum atomic E-state index is 10.2. The number of nitrogens with zero attached hydrogens (tertiary/aromatic N) is 2. The Labute approximate surface area is 162 Å². The van der Waals surface area contributed by atoms with Crippen LogP contribution < -0.4 is 17.0 Å². The zero-order chi connectivity index (χ0) is 16.9. The lowest BCUT2D eigenvalue weighted by Crippen LogP contribution is -3.00. The molecule has 132 valence electrons. The molecule has 1 fully saturated rings. The molecule has 0 spiro atoms. The Morgan fingerprint density at radius 1 is 0.880 bits per heavy atom. The highest BCUT2D eigenvalue weighted by Crippen LogP contribution is 2.36. The van der Waals surface area contributed by atoms with Gasteiger partial charge in [-0.2, -0.15) is 5.26 Å².